The van der Waals surface area contributed by atoms with Gasteiger partial charge in [0.2, 0.25) is 0 Å². The predicted molar refractivity (Wildman–Crippen MR) is 89.9 cm³/mol. The van der Waals surface area contributed by atoms with Gasteiger partial charge in [0.25, 0.3) is 0 Å². The Labute approximate surface area is 128 Å². The summed E-state index contributed by atoms with van der Waals surface area (Å²) < 4.78 is 0. The van der Waals surface area contributed by atoms with Crippen LogP contribution < -0.4 is 5.32 Å². The molecule has 1 fully saturated rings. The standard InChI is InChI=1S/C20H25N/c1-14-6-4-7-15(2)19(14)20(21-3)18-12-10-17(11-13-18)16-8-5-9-16/h4,6-7,10-13,16,20-21H,5,8-9H2,1-3H3. The zero-order valence-corrected chi connectivity index (χ0v) is 13.3. The van der Waals surface area contributed by atoms with Gasteiger partial charge < -0.3 is 5.32 Å². The number of aryl methyl sites for hydroxylation is 2. The third-order valence-electron chi connectivity index (χ3n) is 4.97. The molecule has 0 aliphatic heterocycles. The lowest BCUT2D eigenvalue weighted by atomic mass is 9.79. The van der Waals surface area contributed by atoms with Crippen LogP contribution in [0.1, 0.15) is 59.0 Å². The van der Waals surface area contributed by atoms with Gasteiger partial charge in [-0.25, -0.2) is 0 Å². The van der Waals surface area contributed by atoms with Crippen LogP contribution in [-0.2, 0) is 0 Å². The van der Waals surface area contributed by atoms with Crippen molar-refractivity contribution >= 4 is 0 Å². The molecule has 0 spiro atoms. The van der Waals surface area contributed by atoms with Gasteiger partial charge in [-0.3, -0.25) is 0 Å². The van der Waals surface area contributed by atoms with Gasteiger partial charge in [-0.2, -0.15) is 0 Å². The molecule has 3 rings (SSSR count). The highest BCUT2D eigenvalue weighted by molar-refractivity contribution is 5.42. The van der Waals surface area contributed by atoms with E-state index in [1.807, 2.05) is 0 Å². The van der Waals surface area contributed by atoms with Gasteiger partial charge in [-0.1, -0.05) is 48.9 Å². The molecule has 2 aromatic carbocycles. The molecule has 0 aromatic heterocycles. The van der Waals surface area contributed by atoms with Crippen molar-refractivity contribution in [1.82, 2.24) is 5.32 Å². The maximum atomic E-state index is 3.49. The van der Waals surface area contributed by atoms with Gasteiger partial charge in [0.1, 0.15) is 0 Å². The van der Waals surface area contributed by atoms with Crippen molar-refractivity contribution in [2.75, 3.05) is 7.05 Å². The first-order valence-corrected chi connectivity index (χ1v) is 8.04. The summed E-state index contributed by atoms with van der Waals surface area (Å²) in [4.78, 5) is 0. The average Bonchev–Trinajstić information content (AvgIpc) is 2.42. The van der Waals surface area contributed by atoms with Crippen LogP contribution in [0.25, 0.3) is 0 Å². The normalized spacial score (nSPS) is 16.5. The molecule has 1 aliphatic carbocycles. The second-order valence-electron chi connectivity index (χ2n) is 6.32. The maximum Gasteiger partial charge on any atom is 0.0579 e. The number of nitrogens with one attached hydrogen (secondary N) is 1. The lowest BCUT2D eigenvalue weighted by Gasteiger charge is -2.27. The van der Waals surface area contributed by atoms with Crippen LogP contribution in [0.4, 0.5) is 0 Å². The largest absolute Gasteiger partial charge is 0.309 e. The summed E-state index contributed by atoms with van der Waals surface area (Å²) in [6.45, 7) is 4.41. The van der Waals surface area contributed by atoms with Crippen molar-refractivity contribution in [2.24, 2.45) is 0 Å². The smallest absolute Gasteiger partial charge is 0.0579 e. The molecule has 1 N–H and O–H groups in total. The molecule has 0 heterocycles. The highest BCUT2D eigenvalue weighted by Crippen LogP contribution is 2.37. The van der Waals surface area contributed by atoms with Crippen LogP contribution in [0.15, 0.2) is 42.5 Å². The molecule has 1 aliphatic rings. The molecule has 1 nitrogen and oxygen atoms in total. The van der Waals surface area contributed by atoms with E-state index in [1.165, 1.54) is 47.1 Å². The summed E-state index contributed by atoms with van der Waals surface area (Å²) in [7, 11) is 2.05. The van der Waals surface area contributed by atoms with Crippen LogP contribution in [-0.4, -0.2) is 7.05 Å². The summed E-state index contributed by atoms with van der Waals surface area (Å²) in [6.07, 6.45) is 4.13. The summed E-state index contributed by atoms with van der Waals surface area (Å²) in [5, 5.41) is 3.49. The van der Waals surface area contributed by atoms with E-state index in [0.29, 0.717) is 0 Å². The topological polar surface area (TPSA) is 12.0 Å². The Morgan fingerprint density at radius 2 is 1.57 bits per heavy atom. The molecule has 0 saturated heterocycles. The van der Waals surface area contributed by atoms with Crippen LogP contribution in [0.3, 0.4) is 0 Å². The summed E-state index contributed by atoms with van der Waals surface area (Å²) in [5.74, 6) is 0.812. The van der Waals surface area contributed by atoms with Gasteiger partial charge in [-0.15, -0.1) is 0 Å². The summed E-state index contributed by atoms with van der Waals surface area (Å²) in [5.41, 5.74) is 7.01. The van der Waals surface area contributed by atoms with E-state index >= 15 is 0 Å². The van der Waals surface area contributed by atoms with E-state index in [-0.39, 0.29) is 6.04 Å². The number of hydrogen-bond donors (Lipinski definition) is 1. The van der Waals surface area contributed by atoms with E-state index in [1.54, 1.807) is 0 Å². The molecule has 2 aromatic rings. The van der Waals surface area contributed by atoms with Gasteiger partial charge in [-0.05, 0) is 67.5 Å². The lowest BCUT2D eigenvalue weighted by Crippen LogP contribution is -2.20. The Morgan fingerprint density at radius 3 is 2.05 bits per heavy atom. The molecule has 21 heavy (non-hydrogen) atoms. The maximum absolute atomic E-state index is 3.49. The number of benzene rings is 2. The van der Waals surface area contributed by atoms with Crippen molar-refractivity contribution in [3.05, 3.63) is 70.3 Å². The van der Waals surface area contributed by atoms with Crippen molar-refractivity contribution < 1.29 is 0 Å². The monoisotopic (exact) mass is 279 g/mol. The summed E-state index contributed by atoms with van der Waals surface area (Å²) >= 11 is 0. The Balaban J connectivity index is 1.92. The first-order valence-electron chi connectivity index (χ1n) is 8.04. The van der Waals surface area contributed by atoms with Gasteiger partial charge >= 0.3 is 0 Å². The molecule has 1 heteroatoms. The third kappa shape index (κ3) is 2.75. The molecule has 1 saturated carbocycles. The zero-order chi connectivity index (χ0) is 14.8. The second-order valence-corrected chi connectivity index (χ2v) is 6.32. The summed E-state index contributed by atoms with van der Waals surface area (Å²) in [6, 6.07) is 16.1. The molecule has 0 radical (unpaired) electrons. The van der Waals surface area contributed by atoms with Crippen LogP contribution in [0.2, 0.25) is 0 Å². The second kappa shape index (κ2) is 6.03. The Hall–Kier alpha value is -1.60. The Bertz CT molecular complexity index is 588. The average molecular weight is 279 g/mol. The molecule has 1 atom stereocenters. The van der Waals surface area contributed by atoms with Crippen LogP contribution in [0.5, 0.6) is 0 Å². The highest BCUT2D eigenvalue weighted by atomic mass is 14.9. The van der Waals surface area contributed by atoms with E-state index in [2.05, 4.69) is 68.7 Å². The first-order chi connectivity index (χ1) is 10.2. The van der Waals surface area contributed by atoms with Crippen molar-refractivity contribution in [3.8, 4) is 0 Å². The lowest BCUT2D eigenvalue weighted by molar-refractivity contribution is 0.419. The van der Waals surface area contributed by atoms with Gasteiger partial charge in [0.15, 0.2) is 0 Å². The van der Waals surface area contributed by atoms with E-state index in [4.69, 9.17) is 0 Å². The molecule has 1 unspecified atom stereocenters. The van der Waals surface area contributed by atoms with Crippen LogP contribution >= 0.6 is 0 Å². The van der Waals surface area contributed by atoms with E-state index < -0.39 is 0 Å². The Kier molecular flexibility index (Phi) is 4.12. The molecular formula is C20H25N. The minimum absolute atomic E-state index is 0.279. The SMILES string of the molecule is CNC(c1ccc(C2CCC2)cc1)c1c(C)cccc1C. The van der Waals surface area contributed by atoms with Gasteiger partial charge in [0.05, 0.1) is 6.04 Å². The Morgan fingerprint density at radius 1 is 0.952 bits per heavy atom. The zero-order valence-electron chi connectivity index (χ0n) is 13.3. The molecular weight excluding hydrogens is 254 g/mol. The fourth-order valence-electron chi connectivity index (χ4n) is 3.46. The van der Waals surface area contributed by atoms with Crippen LogP contribution in [0, 0.1) is 13.8 Å². The molecule has 0 bridgehead atoms. The van der Waals surface area contributed by atoms with Crippen molar-refractivity contribution in [1.29, 1.82) is 0 Å². The minimum atomic E-state index is 0.279. The van der Waals surface area contributed by atoms with E-state index in [0.717, 1.165) is 5.92 Å². The number of rotatable bonds is 4. The van der Waals surface area contributed by atoms with E-state index in [9.17, 15) is 0 Å². The number of hydrogen-bond acceptors (Lipinski definition) is 1. The fourth-order valence-corrected chi connectivity index (χ4v) is 3.46. The minimum Gasteiger partial charge on any atom is -0.309 e. The predicted octanol–water partition coefficient (Wildman–Crippen LogP) is 4.88. The fraction of sp³-hybridized carbons (Fsp3) is 0.400. The quantitative estimate of drug-likeness (QED) is 0.841. The highest BCUT2D eigenvalue weighted by Gasteiger charge is 2.20. The molecule has 110 valence electrons. The third-order valence-corrected chi connectivity index (χ3v) is 4.97. The van der Waals surface area contributed by atoms with Crippen molar-refractivity contribution in [3.63, 3.8) is 0 Å². The van der Waals surface area contributed by atoms with Gasteiger partial charge in [0, 0.05) is 0 Å². The van der Waals surface area contributed by atoms with Crippen molar-refractivity contribution in [2.45, 2.75) is 45.1 Å². The first kappa shape index (κ1) is 14.3. The molecule has 0 amide bonds.